The fraction of sp³-hybridized carbons (Fsp3) is 0.889. The zero-order valence-corrected chi connectivity index (χ0v) is 7.58. The first kappa shape index (κ1) is 9.36. The van der Waals surface area contributed by atoms with Gasteiger partial charge in [0, 0.05) is 0 Å². The molecule has 1 aliphatic rings. The van der Waals surface area contributed by atoms with Gasteiger partial charge in [-0.3, -0.25) is 0 Å². The summed E-state index contributed by atoms with van der Waals surface area (Å²) in [5.74, 6) is 0.534. The predicted molar refractivity (Wildman–Crippen MR) is 46.7 cm³/mol. The van der Waals surface area contributed by atoms with E-state index in [0.29, 0.717) is 5.92 Å². The third-order valence-electron chi connectivity index (χ3n) is 2.62. The molecule has 0 aliphatic heterocycles. The zero-order chi connectivity index (χ0) is 8.97. The van der Waals surface area contributed by atoms with Crippen LogP contribution in [0.1, 0.15) is 39.0 Å². The number of rotatable bonds is 2. The molecule has 70 valence electrons. The minimum Gasteiger partial charge on any atom is -0.446 e. The number of ether oxygens (including phenoxy) is 1. The lowest BCUT2D eigenvalue weighted by Gasteiger charge is -2.26. The van der Waals surface area contributed by atoms with Crippen molar-refractivity contribution in [2.45, 2.75) is 45.1 Å². The molecule has 0 unspecified atom stereocenters. The molecule has 0 bridgehead atoms. The van der Waals surface area contributed by atoms with E-state index in [-0.39, 0.29) is 6.10 Å². The minimum absolute atomic E-state index is 0.00259. The molecule has 1 aliphatic carbocycles. The van der Waals surface area contributed by atoms with Crippen LogP contribution in [0.2, 0.25) is 0 Å². The summed E-state index contributed by atoms with van der Waals surface area (Å²) in [6.45, 7) is 1.93. The Balaban J connectivity index is 2.29. The fourth-order valence-corrected chi connectivity index (χ4v) is 1.88. The van der Waals surface area contributed by atoms with Crippen molar-refractivity contribution in [3.8, 4) is 0 Å². The Morgan fingerprint density at radius 3 is 2.50 bits per heavy atom. The highest BCUT2D eigenvalue weighted by atomic mass is 16.6. The van der Waals surface area contributed by atoms with E-state index in [1.165, 1.54) is 32.1 Å². The van der Waals surface area contributed by atoms with Gasteiger partial charge >= 0.3 is 6.09 Å². The molecular formula is C9H17NO2. The van der Waals surface area contributed by atoms with Gasteiger partial charge in [0.1, 0.15) is 6.10 Å². The van der Waals surface area contributed by atoms with E-state index in [9.17, 15) is 4.79 Å². The first-order chi connectivity index (χ1) is 5.70. The molecule has 0 saturated heterocycles. The second kappa shape index (κ2) is 4.33. The first-order valence-electron chi connectivity index (χ1n) is 4.66. The van der Waals surface area contributed by atoms with Crippen molar-refractivity contribution in [2.75, 3.05) is 0 Å². The Morgan fingerprint density at radius 2 is 2.00 bits per heavy atom. The quantitative estimate of drug-likeness (QED) is 0.691. The Hall–Kier alpha value is -0.730. The molecular weight excluding hydrogens is 154 g/mol. The maximum atomic E-state index is 10.5. The number of hydrogen-bond acceptors (Lipinski definition) is 2. The average molecular weight is 171 g/mol. The van der Waals surface area contributed by atoms with E-state index in [1.807, 2.05) is 6.92 Å². The zero-order valence-electron chi connectivity index (χ0n) is 7.58. The summed E-state index contributed by atoms with van der Waals surface area (Å²) in [7, 11) is 0. The van der Waals surface area contributed by atoms with Crippen molar-refractivity contribution in [2.24, 2.45) is 11.7 Å². The van der Waals surface area contributed by atoms with Gasteiger partial charge in [-0.05, 0) is 25.7 Å². The Bertz CT molecular complexity index is 153. The molecule has 0 spiro atoms. The van der Waals surface area contributed by atoms with Gasteiger partial charge in [0.15, 0.2) is 0 Å². The fourth-order valence-electron chi connectivity index (χ4n) is 1.88. The van der Waals surface area contributed by atoms with Gasteiger partial charge in [-0.1, -0.05) is 19.3 Å². The molecule has 1 rings (SSSR count). The Labute approximate surface area is 73.3 Å². The van der Waals surface area contributed by atoms with Crippen molar-refractivity contribution >= 4 is 6.09 Å². The van der Waals surface area contributed by atoms with Crippen molar-refractivity contribution in [1.29, 1.82) is 0 Å². The Kier molecular flexibility index (Phi) is 3.38. The van der Waals surface area contributed by atoms with Crippen LogP contribution in [0, 0.1) is 5.92 Å². The summed E-state index contributed by atoms with van der Waals surface area (Å²) in [4.78, 5) is 10.5. The molecule has 0 heterocycles. The van der Waals surface area contributed by atoms with Crippen molar-refractivity contribution in [3.05, 3.63) is 0 Å². The molecule has 0 radical (unpaired) electrons. The van der Waals surface area contributed by atoms with E-state index in [2.05, 4.69) is 0 Å². The molecule has 0 aromatic rings. The molecule has 1 atom stereocenters. The number of hydrogen-bond donors (Lipinski definition) is 1. The summed E-state index contributed by atoms with van der Waals surface area (Å²) in [5, 5.41) is 0. The lowest BCUT2D eigenvalue weighted by molar-refractivity contribution is 0.0660. The van der Waals surface area contributed by atoms with Crippen LogP contribution in [0.15, 0.2) is 0 Å². The highest BCUT2D eigenvalue weighted by molar-refractivity contribution is 5.64. The number of carbonyl (C=O) groups excluding carboxylic acids is 1. The van der Waals surface area contributed by atoms with Gasteiger partial charge in [0.05, 0.1) is 0 Å². The largest absolute Gasteiger partial charge is 0.446 e. The molecule has 2 N–H and O–H groups in total. The molecule has 1 saturated carbocycles. The summed E-state index contributed by atoms with van der Waals surface area (Å²) in [6.07, 6.45) is 5.55. The van der Waals surface area contributed by atoms with Gasteiger partial charge in [-0.25, -0.2) is 4.79 Å². The molecule has 0 aromatic carbocycles. The van der Waals surface area contributed by atoms with Crippen molar-refractivity contribution in [1.82, 2.24) is 0 Å². The van der Waals surface area contributed by atoms with Crippen LogP contribution in [0.4, 0.5) is 4.79 Å². The van der Waals surface area contributed by atoms with Crippen LogP contribution in [0.25, 0.3) is 0 Å². The number of carbonyl (C=O) groups is 1. The van der Waals surface area contributed by atoms with Crippen molar-refractivity contribution in [3.63, 3.8) is 0 Å². The van der Waals surface area contributed by atoms with Gasteiger partial charge in [-0.15, -0.1) is 0 Å². The smallest absolute Gasteiger partial charge is 0.404 e. The van der Waals surface area contributed by atoms with E-state index < -0.39 is 6.09 Å². The summed E-state index contributed by atoms with van der Waals surface area (Å²) >= 11 is 0. The third kappa shape index (κ3) is 2.72. The number of nitrogens with two attached hydrogens (primary N) is 1. The maximum Gasteiger partial charge on any atom is 0.404 e. The lowest BCUT2D eigenvalue weighted by atomic mass is 9.86. The maximum absolute atomic E-state index is 10.5. The third-order valence-corrected chi connectivity index (χ3v) is 2.62. The van der Waals surface area contributed by atoms with Crippen LogP contribution in [0.5, 0.6) is 0 Å². The molecule has 1 fully saturated rings. The van der Waals surface area contributed by atoms with Gasteiger partial charge in [-0.2, -0.15) is 0 Å². The van der Waals surface area contributed by atoms with Crippen LogP contribution in [-0.4, -0.2) is 12.2 Å². The number of amides is 1. The lowest BCUT2D eigenvalue weighted by Crippen LogP contribution is -2.28. The molecule has 0 aromatic heterocycles. The summed E-state index contributed by atoms with van der Waals surface area (Å²) < 4.78 is 4.93. The van der Waals surface area contributed by atoms with Crippen LogP contribution in [0.3, 0.4) is 0 Å². The molecule has 3 nitrogen and oxygen atoms in total. The van der Waals surface area contributed by atoms with E-state index in [4.69, 9.17) is 10.5 Å². The van der Waals surface area contributed by atoms with Crippen molar-refractivity contribution < 1.29 is 9.53 Å². The average Bonchev–Trinajstić information content (AvgIpc) is 2.05. The second-order valence-corrected chi connectivity index (χ2v) is 3.54. The standard InChI is InChI=1S/C9H17NO2/c1-7(12-9(10)11)8-5-3-2-4-6-8/h7-8H,2-6H2,1H3,(H2,10,11)/t7-/m0/s1. The molecule has 3 heteroatoms. The Morgan fingerprint density at radius 1 is 1.42 bits per heavy atom. The summed E-state index contributed by atoms with van der Waals surface area (Å²) in [5.41, 5.74) is 4.94. The molecule has 12 heavy (non-hydrogen) atoms. The predicted octanol–water partition coefficient (Wildman–Crippen LogP) is 2.05. The van der Waals surface area contributed by atoms with E-state index in [1.54, 1.807) is 0 Å². The summed E-state index contributed by atoms with van der Waals surface area (Å²) in [6, 6.07) is 0. The van der Waals surface area contributed by atoms with Crippen LogP contribution < -0.4 is 5.73 Å². The highest BCUT2D eigenvalue weighted by Crippen LogP contribution is 2.27. The topological polar surface area (TPSA) is 52.3 Å². The van der Waals surface area contributed by atoms with Gasteiger partial charge < -0.3 is 10.5 Å². The first-order valence-corrected chi connectivity index (χ1v) is 4.66. The van der Waals surface area contributed by atoms with Crippen LogP contribution >= 0.6 is 0 Å². The number of primary amides is 1. The van der Waals surface area contributed by atoms with E-state index in [0.717, 1.165) is 0 Å². The SMILES string of the molecule is C[C@H](OC(N)=O)C1CCCCC1. The van der Waals surface area contributed by atoms with Crippen LogP contribution in [-0.2, 0) is 4.74 Å². The highest BCUT2D eigenvalue weighted by Gasteiger charge is 2.21. The van der Waals surface area contributed by atoms with Gasteiger partial charge in [0.2, 0.25) is 0 Å². The monoisotopic (exact) mass is 171 g/mol. The normalized spacial score (nSPS) is 21.8. The van der Waals surface area contributed by atoms with E-state index >= 15 is 0 Å². The minimum atomic E-state index is -0.645. The second-order valence-electron chi connectivity index (χ2n) is 3.54. The molecule has 1 amide bonds. The van der Waals surface area contributed by atoms with Gasteiger partial charge in [0.25, 0.3) is 0 Å².